The Kier molecular flexibility index (Phi) is 5.68. The van der Waals surface area contributed by atoms with E-state index in [0.717, 1.165) is 6.42 Å². The SMILES string of the molecule is CCCOc1ccccc1NC(=O)c1nn(-c2ccccc2F)cc1Br. The van der Waals surface area contributed by atoms with Crippen molar-refractivity contribution >= 4 is 27.5 Å². The van der Waals surface area contributed by atoms with Gasteiger partial charge in [0.15, 0.2) is 5.69 Å². The highest BCUT2D eigenvalue weighted by atomic mass is 79.9. The van der Waals surface area contributed by atoms with Crippen LogP contribution in [-0.2, 0) is 0 Å². The molecule has 0 aliphatic heterocycles. The van der Waals surface area contributed by atoms with Gasteiger partial charge < -0.3 is 10.1 Å². The van der Waals surface area contributed by atoms with E-state index in [0.29, 0.717) is 22.5 Å². The molecule has 1 aromatic heterocycles. The molecule has 2 aromatic carbocycles. The Morgan fingerprint density at radius 3 is 2.73 bits per heavy atom. The van der Waals surface area contributed by atoms with E-state index < -0.39 is 11.7 Å². The van der Waals surface area contributed by atoms with Crippen LogP contribution in [0.5, 0.6) is 5.75 Å². The first-order valence-electron chi connectivity index (χ1n) is 8.13. The molecule has 1 heterocycles. The molecule has 0 unspecified atom stereocenters. The van der Waals surface area contributed by atoms with Gasteiger partial charge in [-0.3, -0.25) is 4.79 Å². The topological polar surface area (TPSA) is 56.1 Å². The van der Waals surface area contributed by atoms with Crippen LogP contribution in [0.4, 0.5) is 10.1 Å². The minimum Gasteiger partial charge on any atom is -0.491 e. The molecule has 0 bridgehead atoms. The zero-order valence-corrected chi connectivity index (χ0v) is 15.7. The van der Waals surface area contributed by atoms with Crippen LogP contribution < -0.4 is 10.1 Å². The Bertz CT molecular complexity index is 927. The monoisotopic (exact) mass is 417 g/mol. The van der Waals surface area contributed by atoms with Crippen LogP contribution in [0.3, 0.4) is 0 Å². The number of hydrogen-bond donors (Lipinski definition) is 1. The molecule has 0 spiro atoms. The zero-order valence-electron chi connectivity index (χ0n) is 14.1. The summed E-state index contributed by atoms with van der Waals surface area (Å²) in [5, 5.41) is 7.00. The fourth-order valence-corrected chi connectivity index (χ4v) is 2.81. The molecule has 1 N–H and O–H groups in total. The molecule has 3 aromatic rings. The number of amides is 1. The van der Waals surface area contributed by atoms with Crippen LogP contribution in [0.1, 0.15) is 23.8 Å². The minimum absolute atomic E-state index is 0.151. The van der Waals surface area contributed by atoms with Crippen molar-refractivity contribution in [2.24, 2.45) is 0 Å². The lowest BCUT2D eigenvalue weighted by Gasteiger charge is -2.11. The predicted octanol–water partition coefficient (Wildman–Crippen LogP) is 4.82. The Morgan fingerprint density at radius 2 is 1.96 bits per heavy atom. The van der Waals surface area contributed by atoms with Crippen molar-refractivity contribution in [3.05, 3.63) is 70.7 Å². The van der Waals surface area contributed by atoms with E-state index in [1.165, 1.54) is 10.7 Å². The predicted molar refractivity (Wildman–Crippen MR) is 101 cm³/mol. The van der Waals surface area contributed by atoms with Crippen molar-refractivity contribution in [2.75, 3.05) is 11.9 Å². The van der Waals surface area contributed by atoms with E-state index in [1.807, 2.05) is 13.0 Å². The van der Waals surface area contributed by atoms with Crippen LogP contribution >= 0.6 is 15.9 Å². The van der Waals surface area contributed by atoms with Gasteiger partial charge in [-0.25, -0.2) is 9.07 Å². The quantitative estimate of drug-likeness (QED) is 0.625. The number of nitrogens with zero attached hydrogens (tertiary/aromatic N) is 2. The second-order valence-electron chi connectivity index (χ2n) is 5.52. The number of carbonyl (C=O) groups is 1. The van der Waals surface area contributed by atoms with Gasteiger partial charge in [-0.2, -0.15) is 5.10 Å². The van der Waals surface area contributed by atoms with Crippen molar-refractivity contribution in [3.8, 4) is 11.4 Å². The van der Waals surface area contributed by atoms with Crippen molar-refractivity contribution in [3.63, 3.8) is 0 Å². The molecule has 0 radical (unpaired) electrons. The largest absolute Gasteiger partial charge is 0.491 e. The third kappa shape index (κ3) is 3.94. The molecule has 0 atom stereocenters. The van der Waals surface area contributed by atoms with Gasteiger partial charge in [-0.05, 0) is 46.6 Å². The molecule has 0 saturated heterocycles. The van der Waals surface area contributed by atoms with E-state index in [4.69, 9.17) is 4.74 Å². The lowest BCUT2D eigenvalue weighted by Crippen LogP contribution is -2.15. The van der Waals surface area contributed by atoms with Crippen molar-refractivity contribution in [2.45, 2.75) is 13.3 Å². The van der Waals surface area contributed by atoms with Crippen LogP contribution in [0.15, 0.2) is 59.2 Å². The Morgan fingerprint density at radius 1 is 1.23 bits per heavy atom. The molecule has 3 rings (SSSR count). The van der Waals surface area contributed by atoms with E-state index in [-0.39, 0.29) is 11.4 Å². The highest BCUT2D eigenvalue weighted by molar-refractivity contribution is 9.10. The van der Waals surface area contributed by atoms with E-state index in [9.17, 15) is 9.18 Å². The summed E-state index contributed by atoms with van der Waals surface area (Å²) >= 11 is 3.32. The summed E-state index contributed by atoms with van der Waals surface area (Å²) in [7, 11) is 0. The number of para-hydroxylation sites is 3. The van der Waals surface area contributed by atoms with Crippen LogP contribution in [-0.4, -0.2) is 22.3 Å². The lowest BCUT2D eigenvalue weighted by atomic mass is 10.2. The third-order valence-electron chi connectivity index (χ3n) is 3.58. The molecule has 0 aliphatic rings. The number of hydrogen-bond acceptors (Lipinski definition) is 3. The molecule has 134 valence electrons. The lowest BCUT2D eigenvalue weighted by molar-refractivity contribution is 0.102. The highest BCUT2D eigenvalue weighted by Gasteiger charge is 2.18. The number of carbonyl (C=O) groups excluding carboxylic acids is 1. The number of ether oxygens (including phenoxy) is 1. The van der Waals surface area contributed by atoms with Crippen LogP contribution in [0, 0.1) is 5.82 Å². The fraction of sp³-hybridized carbons (Fsp3) is 0.158. The standard InChI is InChI=1S/C19H17BrFN3O2/c1-2-11-26-17-10-6-4-8-15(17)22-19(25)18-13(20)12-24(23-18)16-9-5-3-7-14(16)21/h3-10,12H,2,11H2,1H3,(H,22,25). The first kappa shape index (κ1) is 18.1. The number of aromatic nitrogens is 2. The summed E-state index contributed by atoms with van der Waals surface area (Å²) in [6.07, 6.45) is 2.41. The van der Waals surface area contributed by atoms with Crippen molar-refractivity contribution < 1.29 is 13.9 Å². The van der Waals surface area contributed by atoms with Crippen molar-refractivity contribution in [1.29, 1.82) is 0 Å². The van der Waals surface area contributed by atoms with E-state index >= 15 is 0 Å². The van der Waals surface area contributed by atoms with Crippen LogP contribution in [0.25, 0.3) is 5.69 Å². The Hall–Kier alpha value is -2.67. The second kappa shape index (κ2) is 8.14. The molecular weight excluding hydrogens is 401 g/mol. The first-order valence-corrected chi connectivity index (χ1v) is 8.92. The Labute approximate surface area is 158 Å². The van der Waals surface area contributed by atoms with Gasteiger partial charge in [-0.1, -0.05) is 31.2 Å². The normalized spacial score (nSPS) is 10.6. The highest BCUT2D eigenvalue weighted by Crippen LogP contribution is 2.26. The number of halogens is 2. The van der Waals surface area contributed by atoms with Crippen LogP contribution in [0.2, 0.25) is 0 Å². The smallest absolute Gasteiger partial charge is 0.277 e. The molecule has 26 heavy (non-hydrogen) atoms. The van der Waals surface area contributed by atoms with Gasteiger partial charge in [0.1, 0.15) is 17.3 Å². The van der Waals surface area contributed by atoms with Gasteiger partial charge in [0.2, 0.25) is 0 Å². The summed E-state index contributed by atoms with van der Waals surface area (Å²) in [5.41, 5.74) is 0.968. The molecular formula is C19H17BrFN3O2. The van der Waals surface area contributed by atoms with Gasteiger partial charge in [0.05, 0.1) is 16.8 Å². The maximum absolute atomic E-state index is 13.9. The molecule has 7 heteroatoms. The van der Waals surface area contributed by atoms with Gasteiger partial charge in [0.25, 0.3) is 5.91 Å². The second-order valence-corrected chi connectivity index (χ2v) is 6.37. The number of anilines is 1. The average Bonchev–Trinajstić information content (AvgIpc) is 3.03. The Balaban J connectivity index is 1.85. The maximum atomic E-state index is 13.9. The van der Waals surface area contributed by atoms with E-state index in [1.54, 1.807) is 42.6 Å². The molecule has 1 amide bonds. The molecule has 0 aliphatic carbocycles. The van der Waals surface area contributed by atoms with Gasteiger partial charge in [0, 0.05) is 6.20 Å². The minimum atomic E-state index is -0.423. The summed E-state index contributed by atoms with van der Waals surface area (Å²) in [5.74, 6) is -0.250. The number of rotatable bonds is 6. The van der Waals surface area contributed by atoms with E-state index in [2.05, 4.69) is 26.3 Å². The summed E-state index contributed by atoms with van der Waals surface area (Å²) in [4.78, 5) is 12.6. The third-order valence-corrected chi connectivity index (χ3v) is 4.16. The van der Waals surface area contributed by atoms with Gasteiger partial charge in [-0.15, -0.1) is 0 Å². The maximum Gasteiger partial charge on any atom is 0.277 e. The average molecular weight is 418 g/mol. The summed E-state index contributed by atoms with van der Waals surface area (Å²) < 4.78 is 21.4. The number of nitrogens with one attached hydrogen (secondary N) is 1. The molecule has 5 nitrogen and oxygen atoms in total. The zero-order chi connectivity index (χ0) is 18.5. The molecule has 0 saturated carbocycles. The summed E-state index contributed by atoms with van der Waals surface area (Å²) in [6, 6.07) is 13.4. The van der Waals surface area contributed by atoms with Crippen molar-refractivity contribution in [1.82, 2.24) is 9.78 Å². The summed E-state index contributed by atoms with van der Waals surface area (Å²) in [6.45, 7) is 2.56. The fourth-order valence-electron chi connectivity index (χ4n) is 2.36. The van der Waals surface area contributed by atoms with Gasteiger partial charge >= 0.3 is 0 Å². The first-order chi connectivity index (χ1) is 12.6. The molecule has 0 fully saturated rings. The number of benzene rings is 2.